The summed E-state index contributed by atoms with van der Waals surface area (Å²) in [5.74, 6) is 0.300. The first-order valence-electron chi connectivity index (χ1n) is 6.80. The Morgan fingerprint density at radius 1 is 1.19 bits per heavy atom. The van der Waals surface area contributed by atoms with Gasteiger partial charge in [-0.25, -0.2) is 0 Å². The van der Waals surface area contributed by atoms with Gasteiger partial charge in [0, 0.05) is 18.8 Å². The van der Waals surface area contributed by atoms with E-state index in [0.717, 1.165) is 0 Å². The summed E-state index contributed by atoms with van der Waals surface area (Å²) in [5.41, 5.74) is 1.65. The Balaban J connectivity index is 2.07. The van der Waals surface area contributed by atoms with E-state index in [9.17, 15) is 9.59 Å². The van der Waals surface area contributed by atoms with Gasteiger partial charge in [0.1, 0.15) is 5.75 Å². The maximum atomic E-state index is 12.1. The maximum absolute atomic E-state index is 12.1. The normalized spacial score (nSPS) is 10.4. The predicted octanol–water partition coefficient (Wildman–Crippen LogP) is 2.58. The van der Waals surface area contributed by atoms with Crippen LogP contribution < -0.4 is 4.74 Å². The van der Waals surface area contributed by atoms with Crippen LogP contribution in [0.1, 0.15) is 39.8 Å². The van der Waals surface area contributed by atoms with E-state index in [-0.39, 0.29) is 18.0 Å². The molecule has 0 saturated carbocycles. The zero-order valence-electron chi connectivity index (χ0n) is 12.4. The first-order chi connectivity index (χ1) is 10.0. The molecule has 1 heterocycles. The van der Waals surface area contributed by atoms with Crippen LogP contribution >= 0.6 is 0 Å². The molecule has 2 rings (SSSR count). The first-order valence-corrected chi connectivity index (χ1v) is 6.80. The van der Waals surface area contributed by atoms with Gasteiger partial charge in [-0.1, -0.05) is 0 Å². The van der Waals surface area contributed by atoms with Gasteiger partial charge in [0.25, 0.3) is 0 Å². The number of carbonyl (C=O) groups is 2. The lowest BCUT2D eigenvalue weighted by Gasteiger charge is -2.04. The second-order valence-electron chi connectivity index (χ2n) is 4.78. The van der Waals surface area contributed by atoms with Crippen LogP contribution in [0, 0.1) is 6.92 Å². The molecule has 0 atom stereocenters. The molecular weight excluding hydrogens is 268 g/mol. The topological polar surface area (TPSA) is 61.2 Å². The lowest BCUT2D eigenvalue weighted by atomic mass is 10.0. The number of rotatable bonds is 6. The van der Waals surface area contributed by atoms with Crippen molar-refractivity contribution in [1.29, 1.82) is 0 Å². The highest BCUT2D eigenvalue weighted by molar-refractivity contribution is 6.13. The summed E-state index contributed by atoms with van der Waals surface area (Å²) in [6.07, 6.45) is 1.49. The van der Waals surface area contributed by atoms with Gasteiger partial charge in [-0.2, -0.15) is 5.10 Å². The largest absolute Gasteiger partial charge is 0.494 e. The number of hydrogen-bond acceptors (Lipinski definition) is 4. The molecule has 0 unspecified atom stereocenters. The number of carbonyl (C=O) groups excluding carboxylic acids is 2. The molecule has 0 aliphatic carbocycles. The van der Waals surface area contributed by atoms with E-state index in [4.69, 9.17) is 4.74 Å². The standard InChI is InChI=1S/C16H18N2O3/c1-4-21-13-7-5-12(6-8-13)15(19)9-16(20)14-10-18(3)17-11(14)2/h5-8,10H,4,9H2,1-3H3. The average Bonchev–Trinajstić information content (AvgIpc) is 2.79. The van der Waals surface area contributed by atoms with Crippen LogP contribution in [0.25, 0.3) is 0 Å². The summed E-state index contributed by atoms with van der Waals surface area (Å²) in [4.78, 5) is 24.3. The van der Waals surface area contributed by atoms with E-state index < -0.39 is 0 Å². The smallest absolute Gasteiger partial charge is 0.174 e. The monoisotopic (exact) mass is 286 g/mol. The summed E-state index contributed by atoms with van der Waals surface area (Å²) >= 11 is 0. The molecule has 0 aliphatic rings. The van der Waals surface area contributed by atoms with Gasteiger partial charge in [0.15, 0.2) is 11.6 Å². The molecule has 0 N–H and O–H groups in total. The van der Waals surface area contributed by atoms with Crippen LogP contribution in [0.4, 0.5) is 0 Å². The number of ether oxygens (including phenoxy) is 1. The number of ketones is 2. The van der Waals surface area contributed by atoms with Gasteiger partial charge in [-0.15, -0.1) is 0 Å². The molecule has 1 aromatic heterocycles. The fraction of sp³-hybridized carbons (Fsp3) is 0.312. The van der Waals surface area contributed by atoms with Gasteiger partial charge in [-0.05, 0) is 38.1 Å². The molecule has 0 aliphatic heterocycles. The fourth-order valence-electron chi connectivity index (χ4n) is 2.12. The highest BCUT2D eigenvalue weighted by Gasteiger charge is 2.17. The first kappa shape index (κ1) is 15.0. The van der Waals surface area contributed by atoms with Crippen molar-refractivity contribution < 1.29 is 14.3 Å². The van der Waals surface area contributed by atoms with Gasteiger partial charge < -0.3 is 4.74 Å². The second kappa shape index (κ2) is 6.35. The summed E-state index contributed by atoms with van der Waals surface area (Å²) < 4.78 is 6.89. The number of aryl methyl sites for hydroxylation is 2. The van der Waals surface area contributed by atoms with Crippen molar-refractivity contribution in [3.8, 4) is 5.75 Å². The molecule has 0 radical (unpaired) electrons. The molecule has 5 heteroatoms. The summed E-state index contributed by atoms with van der Waals surface area (Å²) in [6.45, 7) is 4.23. The highest BCUT2D eigenvalue weighted by atomic mass is 16.5. The van der Waals surface area contributed by atoms with Crippen LogP contribution in [0.5, 0.6) is 5.75 Å². The number of Topliss-reactive ketones (excluding diaryl/α,β-unsaturated/α-hetero) is 2. The molecule has 0 saturated heterocycles. The Labute approximate surface area is 123 Å². The number of benzene rings is 1. The third-order valence-corrected chi connectivity index (χ3v) is 3.12. The lowest BCUT2D eigenvalue weighted by molar-refractivity contribution is 0.0894. The number of hydrogen-bond donors (Lipinski definition) is 0. The van der Waals surface area contributed by atoms with Crippen LogP contribution in [0.3, 0.4) is 0 Å². The Bertz CT molecular complexity index is 657. The van der Waals surface area contributed by atoms with E-state index in [1.807, 2.05) is 6.92 Å². The van der Waals surface area contributed by atoms with Gasteiger partial charge in [0.2, 0.25) is 0 Å². The van der Waals surface area contributed by atoms with E-state index >= 15 is 0 Å². The van der Waals surface area contributed by atoms with Gasteiger partial charge in [-0.3, -0.25) is 14.3 Å². The van der Waals surface area contributed by atoms with Crippen molar-refractivity contribution in [3.05, 3.63) is 47.3 Å². The van der Waals surface area contributed by atoms with Crippen molar-refractivity contribution >= 4 is 11.6 Å². The van der Waals surface area contributed by atoms with Crippen molar-refractivity contribution in [3.63, 3.8) is 0 Å². The minimum atomic E-state index is -0.209. The van der Waals surface area contributed by atoms with Crippen molar-refractivity contribution in [2.24, 2.45) is 7.05 Å². The average molecular weight is 286 g/mol. The van der Waals surface area contributed by atoms with Crippen molar-refractivity contribution in [1.82, 2.24) is 9.78 Å². The molecule has 0 bridgehead atoms. The molecule has 2 aromatic rings. The van der Waals surface area contributed by atoms with Crippen molar-refractivity contribution in [2.45, 2.75) is 20.3 Å². The van der Waals surface area contributed by atoms with E-state index in [2.05, 4.69) is 5.10 Å². The minimum Gasteiger partial charge on any atom is -0.494 e. The van der Waals surface area contributed by atoms with Crippen molar-refractivity contribution in [2.75, 3.05) is 6.61 Å². The number of aromatic nitrogens is 2. The maximum Gasteiger partial charge on any atom is 0.174 e. The molecule has 21 heavy (non-hydrogen) atoms. The lowest BCUT2D eigenvalue weighted by Crippen LogP contribution is -2.09. The second-order valence-corrected chi connectivity index (χ2v) is 4.78. The number of nitrogens with zero attached hydrogens (tertiary/aromatic N) is 2. The summed E-state index contributed by atoms with van der Waals surface area (Å²) in [6, 6.07) is 6.82. The van der Waals surface area contributed by atoms with Gasteiger partial charge in [0.05, 0.1) is 24.3 Å². The third kappa shape index (κ3) is 3.56. The van der Waals surface area contributed by atoms with E-state index in [0.29, 0.717) is 29.2 Å². The molecule has 0 amide bonds. The highest BCUT2D eigenvalue weighted by Crippen LogP contribution is 2.15. The molecule has 110 valence electrons. The Morgan fingerprint density at radius 3 is 2.38 bits per heavy atom. The van der Waals surface area contributed by atoms with Crippen LogP contribution in [0.2, 0.25) is 0 Å². The summed E-state index contributed by atoms with van der Waals surface area (Å²) in [5, 5.41) is 4.11. The van der Waals surface area contributed by atoms with Crippen LogP contribution in [0.15, 0.2) is 30.5 Å². The zero-order valence-corrected chi connectivity index (χ0v) is 12.4. The van der Waals surface area contributed by atoms with Crippen LogP contribution in [-0.2, 0) is 7.05 Å². The molecular formula is C16H18N2O3. The Hall–Kier alpha value is -2.43. The molecule has 5 nitrogen and oxygen atoms in total. The fourth-order valence-corrected chi connectivity index (χ4v) is 2.12. The molecule has 0 spiro atoms. The SMILES string of the molecule is CCOc1ccc(C(=O)CC(=O)c2cn(C)nc2C)cc1. The van der Waals surface area contributed by atoms with E-state index in [1.165, 1.54) is 0 Å². The predicted molar refractivity (Wildman–Crippen MR) is 78.8 cm³/mol. The van der Waals surface area contributed by atoms with E-state index in [1.54, 1.807) is 49.1 Å². The summed E-state index contributed by atoms with van der Waals surface area (Å²) in [7, 11) is 1.75. The third-order valence-electron chi connectivity index (χ3n) is 3.12. The molecule has 0 fully saturated rings. The van der Waals surface area contributed by atoms with Gasteiger partial charge >= 0.3 is 0 Å². The minimum absolute atomic E-state index is 0.152. The van der Waals surface area contributed by atoms with Crippen LogP contribution in [-0.4, -0.2) is 28.0 Å². The Kier molecular flexibility index (Phi) is 4.52. The zero-order chi connectivity index (χ0) is 15.4. The Morgan fingerprint density at radius 2 is 1.86 bits per heavy atom. The quantitative estimate of drug-likeness (QED) is 0.605. The molecule has 1 aromatic carbocycles.